The second kappa shape index (κ2) is 5.85. The topological polar surface area (TPSA) is 64.6 Å². The van der Waals surface area contributed by atoms with Crippen molar-refractivity contribution in [2.75, 3.05) is 19.6 Å². The molecule has 0 spiro atoms. The Kier molecular flexibility index (Phi) is 4.08. The van der Waals surface area contributed by atoms with Gasteiger partial charge in [0.15, 0.2) is 21.3 Å². The van der Waals surface area contributed by atoms with E-state index in [0.29, 0.717) is 11.5 Å². The Balaban J connectivity index is 1.78. The third kappa shape index (κ3) is 3.01. The van der Waals surface area contributed by atoms with E-state index in [4.69, 9.17) is 9.47 Å². The Labute approximate surface area is 125 Å². The van der Waals surface area contributed by atoms with Crippen LogP contribution in [0.25, 0.3) is 0 Å². The average molecular weight is 311 g/mol. The number of fused-ring (bicyclic) bond motifs is 1. The van der Waals surface area contributed by atoms with Gasteiger partial charge in [-0.05, 0) is 37.6 Å². The second-order valence-electron chi connectivity index (χ2n) is 5.69. The third-order valence-electron chi connectivity index (χ3n) is 4.36. The van der Waals surface area contributed by atoms with E-state index in [0.717, 1.165) is 31.2 Å². The largest absolute Gasteiger partial charge is 0.454 e. The summed E-state index contributed by atoms with van der Waals surface area (Å²) in [5.74, 6) is 1.53. The van der Waals surface area contributed by atoms with E-state index >= 15 is 0 Å². The SMILES string of the molecule is CNC(CS(=O)(=O)C1CCCC1)c1ccc2c(c1)OCO2. The van der Waals surface area contributed by atoms with Crippen molar-refractivity contribution in [2.24, 2.45) is 0 Å². The van der Waals surface area contributed by atoms with E-state index in [1.807, 2.05) is 18.2 Å². The molecule has 1 atom stereocenters. The number of sulfone groups is 1. The highest BCUT2D eigenvalue weighted by Gasteiger charge is 2.31. The van der Waals surface area contributed by atoms with Crippen molar-refractivity contribution >= 4 is 9.84 Å². The molecule has 1 aromatic rings. The van der Waals surface area contributed by atoms with Crippen molar-refractivity contribution in [3.05, 3.63) is 23.8 Å². The van der Waals surface area contributed by atoms with Gasteiger partial charge < -0.3 is 14.8 Å². The van der Waals surface area contributed by atoms with Crippen LogP contribution in [0.1, 0.15) is 37.3 Å². The van der Waals surface area contributed by atoms with E-state index in [1.54, 1.807) is 7.05 Å². The molecule has 21 heavy (non-hydrogen) atoms. The predicted molar refractivity (Wildman–Crippen MR) is 80.4 cm³/mol. The van der Waals surface area contributed by atoms with E-state index in [9.17, 15) is 8.42 Å². The molecule has 1 unspecified atom stereocenters. The van der Waals surface area contributed by atoms with Gasteiger partial charge in [-0.1, -0.05) is 18.9 Å². The smallest absolute Gasteiger partial charge is 0.231 e. The molecule has 1 aliphatic carbocycles. The first-order chi connectivity index (χ1) is 10.1. The summed E-state index contributed by atoms with van der Waals surface area (Å²) in [7, 11) is -1.28. The molecule has 5 nitrogen and oxygen atoms in total. The van der Waals surface area contributed by atoms with Crippen LogP contribution in [0.3, 0.4) is 0 Å². The minimum Gasteiger partial charge on any atom is -0.454 e. The molecule has 1 fully saturated rings. The van der Waals surface area contributed by atoms with Gasteiger partial charge in [0.25, 0.3) is 0 Å². The van der Waals surface area contributed by atoms with Crippen LogP contribution in [-0.2, 0) is 9.84 Å². The Hall–Kier alpha value is -1.27. The van der Waals surface area contributed by atoms with Gasteiger partial charge in [0.1, 0.15) is 0 Å². The van der Waals surface area contributed by atoms with Crippen molar-refractivity contribution in [3.8, 4) is 11.5 Å². The van der Waals surface area contributed by atoms with Gasteiger partial charge in [0.2, 0.25) is 6.79 Å². The highest BCUT2D eigenvalue weighted by Crippen LogP contribution is 2.35. The third-order valence-corrected chi connectivity index (χ3v) is 6.64. The fourth-order valence-corrected chi connectivity index (χ4v) is 5.24. The number of hydrogen-bond donors (Lipinski definition) is 1. The maximum absolute atomic E-state index is 12.5. The summed E-state index contributed by atoms with van der Waals surface area (Å²) in [6.07, 6.45) is 3.66. The Morgan fingerprint density at radius 1 is 1.24 bits per heavy atom. The highest BCUT2D eigenvalue weighted by molar-refractivity contribution is 7.92. The summed E-state index contributed by atoms with van der Waals surface area (Å²) >= 11 is 0. The lowest BCUT2D eigenvalue weighted by Gasteiger charge is -2.19. The molecule has 0 saturated heterocycles. The lowest BCUT2D eigenvalue weighted by molar-refractivity contribution is 0.174. The van der Waals surface area contributed by atoms with Crippen LogP contribution in [0.5, 0.6) is 11.5 Å². The number of rotatable bonds is 5. The van der Waals surface area contributed by atoms with Crippen molar-refractivity contribution < 1.29 is 17.9 Å². The van der Waals surface area contributed by atoms with Gasteiger partial charge in [-0.3, -0.25) is 0 Å². The van der Waals surface area contributed by atoms with E-state index in [1.165, 1.54) is 0 Å². The van der Waals surface area contributed by atoms with Crippen LogP contribution in [-0.4, -0.2) is 33.3 Å². The average Bonchev–Trinajstić information content (AvgIpc) is 3.14. The Bertz CT molecular complexity index is 608. The summed E-state index contributed by atoms with van der Waals surface area (Å²) in [4.78, 5) is 0. The minimum absolute atomic E-state index is 0.133. The van der Waals surface area contributed by atoms with Crippen molar-refractivity contribution in [3.63, 3.8) is 0 Å². The fourth-order valence-electron chi connectivity index (χ4n) is 3.09. The van der Waals surface area contributed by atoms with Gasteiger partial charge in [-0.15, -0.1) is 0 Å². The zero-order valence-electron chi connectivity index (χ0n) is 12.2. The first-order valence-corrected chi connectivity index (χ1v) is 9.10. The molecule has 0 amide bonds. The number of hydrogen-bond acceptors (Lipinski definition) is 5. The molecule has 2 aliphatic rings. The van der Waals surface area contributed by atoms with E-state index in [2.05, 4.69) is 5.32 Å². The molecule has 1 heterocycles. The quantitative estimate of drug-likeness (QED) is 0.901. The maximum atomic E-state index is 12.5. The molecular weight excluding hydrogens is 290 g/mol. The number of benzene rings is 1. The highest BCUT2D eigenvalue weighted by atomic mass is 32.2. The molecule has 0 aromatic heterocycles. The van der Waals surface area contributed by atoms with Crippen LogP contribution in [0.2, 0.25) is 0 Å². The molecule has 1 aromatic carbocycles. The lowest BCUT2D eigenvalue weighted by atomic mass is 10.1. The molecule has 6 heteroatoms. The molecule has 116 valence electrons. The lowest BCUT2D eigenvalue weighted by Crippen LogP contribution is -2.30. The van der Waals surface area contributed by atoms with Crippen LogP contribution < -0.4 is 14.8 Å². The molecule has 0 radical (unpaired) electrons. The summed E-state index contributed by atoms with van der Waals surface area (Å²) in [6.45, 7) is 0.226. The zero-order chi connectivity index (χ0) is 14.9. The van der Waals surface area contributed by atoms with Crippen LogP contribution in [0.15, 0.2) is 18.2 Å². The summed E-state index contributed by atoms with van der Waals surface area (Å²) in [5.41, 5.74) is 0.920. The summed E-state index contributed by atoms with van der Waals surface area (Å²) in [6, 6.07) is 5.39. The fraction of sp³-hybridized carbons (Fsp3) is 0.600. The molecule has 1 aliphatic heterocycles. The minimum atomic E-state index is -3.07. The van der Waals surface area contributed by atoms with Crippen molar-refractivity contribution in [1.82, 2.24) is 5.32 Å². The van der Waals surface area contributed by atoms with Gasteiger partial charge >= 0.3 is 0 Å². The monoisotopic (exact) mass is 311 g/mol. The molecule has 3 rings (SSSR count). The zero-order valence-corrected chi connectivity index (χ0v) is 13.0. The van der Waals surface area contributed by atoms with Gasteiger partial charge in [-0.2, -0.15) is 0 Å². The molecular formula is C15H21NO4S. The van der Waals surface area contributed by atoms with Crippen molar-refractivity contribution in [2.45, 2.75) is 37.0 Å². The van der Waals surface area contributed by atoms with Crippen LogP contribution in [0.4, 0.5) is 0 Å². The standard InChI is InChI=1S/C15H21NO4S/c1-16-13(9-21(17,18)12-4-2-3-5-12)11-6-7-14-15(8-11)20-10-19-14/h6-8,12-13,16H,2-5,9-10H2,1H3. The molecule has 0 bridgehead atoms. The second-order valence-corrected chi connectivity index (χ2v) is 8.02. The summed E-state index contributed by atoms with van der Waals surface area (Å²) in [5, 5.41) is 2.95. The van der Waals surface area contributed by atoms with E-state index in [-0.39, 0.29) is 23.8 Å². The van der Waals surface area contributed by atoms with Crippen LogP contribution in [0, 0.1) is 0 Å². The molecule has 1 saturated carbocycles. The first-order valence-electron chi connectivity index (χ1n) is 7.38. The normalized spacial score (nSPS) is 19.9. The van der Waals surface area contributed by atoms with E-state index < -0.39 is 9.84 Å². The summed E-state index contributed by atoms with van der Waals surface area (Å²) < 4.78 is 35.7. The van der Waals surface area contributed by atoms with Gasteiger partial charge in [-0.25, -0.2) is 8.42 Å². The Morgan fingerprint density at radius 3 is 2.67 bits per heavy atom. The maximum Gasteiger partial charge on any atom is 0.231 e. The predicted octanol–water partition coefficient (Wildman–Crippen LogP) is 2.03. The first kappa shape index (κ1) is 14.7. The van der Waals surface area contributed by atoms with Crippen molar-refractivity contribution in [1.29, 1.82) is 0 Å². The number of nitrogens with one attached hydrogen (secondary N) is 1. The molecule has 1 N–H and O–H groups in total. The number of ether oxygens (including phenoxy) is 2. The van der Waals surface area contributed by atoms with Gasteiger partial charge in [0, 0.05) is 6.04 Å². The Morgan fingerprint density at radius 2 is 1.95 bits per heavy atom. The van der Waals surface area contributed by atoms with Crippen LogP contribution >= 0.6 is 0 Å². The van der Waals surface area contributed by atoms with Gasteiger partial charge in [0.05, 0.1) is 11.0 Å².